The van der Waals surface area contributed by atoms with Gasteiger partial charge in [-0.05, 0) is 57.1 Å². The number of carbonyl (C=O) groups excluding carboxylic acids is 2. The molecule has 0 unspecified atom stereocenters. The number of carbonyl (C=O) groups is 2. The number of amides is 1. The molecular weight excluding hydrogens is 490 g/mol. The zero-order valence-electron chi connectivity index (χ0n) is 21.1. The monoisotopic (exact) mass is 521 g/mol. The molecule has 0 spiro atoms. The molecule has 1 aliphatic carbocycles. The summed E-state index contributed by atoms with van der Waals surface area (Å²) in [5.41, 5.74) is 3.60. The smallest absolute Gasteiger partial charge is 0.350 e. The van der Waals surface area contributed by atoms with Gasteiger partial charge in [0.2, 0.25) is 5.91 Å². The van der Waals surface area contributed by atoms with Crippen LogP contribution in [0.4, 0.5) is 5.69 Å². The van der Waals surface area contributed by atoms with Gasteiger partial charge in [-0.3, -0.25) is 9.20 Å². The van der Waals surface area contributed by atoms with E-state index in [1.807, 2.05) is 71.3 Å². The summed E-state index contributed by atoms with van der Waals surface area (Å²) in [6.45, 7) is 6.26. The lowest BCUT2D eigenvalue weighted by atomic mass is 9.82. The first-order valence-electron chi connectivity index (χ1n) is 12.4. The Morgan fingerprint density at radius 1 is 1.11 bits per heavy atom. The fraction of sp³-hybridized carbons (Fsp3) is 0.393. The Kier molecular flexibility index (Phi) is 6.99. The van der Waals surface area contributed by atoms with E-state index < -0.39 is 5.97 Å². The summed E-state index contributed by atoms with van der Waals surface area (Å²) in [4.78, 5) is 35.3. The van der Waals surface area contributed by atoms with Crippen molar-refractivity contribution in [1.29, 1.82) is 0 Å². The fourth-order valence-electron chi connectivity index (χ4n) is 4.97. The second kappa shape index (κ2) is 10.2. The maximum Gasteiger partial charge on any atom is 0.350 e. The third-order valence-electron chi connectivity index (χ3n) is 7.02. The van der Waals surface area contributed by atoms with E-state index in [4.69, 9.17) is 4.74 Å². The van der Waals surface area contributed by atoms with Crippen LogP contribution in [0.1, 0.15) is 56.1 Å². The van der Waals surface area contributed by atoms with Crippen LogP contribution in [-0.2, 0) is 9.53 Å². The van der Waals surface area contributed by atoms with Crippen molar-refractivity contribution in [2.24, 2.45) is 11.8 Å². The second-order valence-corrected chi connectivity index (χ2v) is 11.8. The molecule has 3 aromatic heterocycles. The molecule has 36 heavy (non-hydrogen) atoms. The van der Waals surface area contributed by atoms with Gasteiger partial charge in [-0.1, -0.05) is 31.2 Å². The molecule has 3 heterocycles. The fourth-order valence-corrected chi connectivity index (χ4v) is 6.74. The van der Waals surface area contributed by atoms with Crippen LogP contribution in [0.2, 0.25) is 0 Å². The molecule has 0 aliphatic heterocycles. The molecule has 0 saturated heterocycles. The average molecular weight is 522 g/mol. The molecule has 1 aromatic carbocycles. The number of aromatic nitrogens is 2. The van der Waals surface area contributed by atoms with Crippen molar-refractivity contribution in [3.05, 3.63) is 53.0 Å². The molecule has 0 bridgehead atoms. The summed E-state index contributed by atoms with van der Waals surface area (Å²) in [6, 6.07) is 10.1. The Labute approximate surface area is 219 Å². The highest BCUT2D eigenvalue weighted by Crippen LogP contribution is 2.40. The topological polar surface area (TPSA) is 63.9 Å². The third-order valence-corrected chi connectivity index (χ3v) is 8.94. The van der Waals surface area contributed by atoms with Gasteiger partial charge in [-0.2, -0.15) is 0 Å². The quantitative estimate of drug-likeness (QED) is 0.253. The number of ether oxygens (including phenoxy) is 1. The molecule has 1 aliphatic rings. The van der Waals surface area contributed by atoms with Crippen molar-refractivity contribution in [2.45, 2.75) is 52.5 Å². The van der Waals surface area contributed by atoms with E-state index in [9.17, 15) is 9.59 Å². The lowest BCUT2D eigenvalue weighted by Gasteiger charge is -2.33. The van der Waals surface area contributed by atoms with E-state index >= 15 is 0 Å². The molecule has 188 valence electrons. The van der Waals surface area contributed by atoms with Gasteiger partial charge >= 0.3 is 5.97 Å². The number of hydrogen-bond acceptors (Lipinski definition) is 6. The summed E-state index contributed by atoms with van der Waals surface area (Å²) >= 11 is 2.98. The van der Waals surface area contributed by atoms with E-state index in [1.54, 1.807) is 11.3 Å². The van der Waals surface area contributed by atoms with Gasteiger partial charge in [0, 0.05) is 40.2 Å². The van der Waals surface area contributed by atoms with Crippen LogP contribution in [0.15, 0.2) is 48.1 Å². The Morgan fingerprint density at radius 3 is 2.44 bits per heavy atom. The van der Waals surface area contributed by atoms with Gasteiger partial charge in [0.1, 0.15) is 4.88 Å². The minimum absolute atomic E-state index is 0.00118. The van der Waals surface area contributed by atoms with Gasteiger partial charge in [-0.15, -0.1) is 22.7 Å². The predicted octanol–water partition coefficient (Wildman–Crippen LogP) is 7.15. The largest absolute Gasteiger partial charge is 0.465 e. The van der Waals surface area contributed by atoms with E-state index in [0.717, 1.165) is 52.3 Å². The third kappa shape index (κ3) is 4.72. The van der Waals surface area contributed by atoms with Crippen LogP contribution < -0.4 is 4.90 Å². The lowest BCUT2D eigenvalue weighted by Crippen LogP contribution is -2.42. The van der Waals surface area contributed by atoms with E-state index in [2.05, 4.69) is 11.9 Å². The molecule has 8 heteroatoms. The van der Waals surface area contributed by atoms with Crippen LogP contribution in [0, 0.1) is 11.8 Å². The first-order chi connectivity index (χ1) is 17.4. The zero-order valence-corrected chi connectivity index (χ0v) is 22.7. The summed E-state index contributed by atoms with van der Waals surface area (Å²) in [5.74, 6) is 0.371. The number of esters is 1. The van der Waals surface area contributed by atoms with E-state index in [0.29, 0.717) is 16.5 Å². The molecule has 0 N–H and O–H groups in total. The van der Waals surface area contributed by atoms with E-state index in [1.165, 1.54) is 18.4 Å². The van der Waals surface area contributed by atoms with Gasteiger partial charge in [0.25, 0.3) is 0 Å². The van der Waals surface area contributed by atoms with E-state index in [-0.39, 0.29) is 17.9 Å². The number of rotatable bonds is 6. The van der Waals surface area contributed by atoms with Crippen molar-refractivity contribution < 1.29 is 14.3 Å². The molecule has 1 amide bonds. The highest BCUT2D eigenvalue weighted by Gasteiger charge is 2.33. The summed E-state index contributed by atoms with van der Waals surface area (Å²) in [6.07, 6.45) is 7.98. The number of imidazole rings is 1. The first-order valence-corrected chi connectivity index (χ1v) is 14.1. The van der Waals surface area contributed by atoms with Crippen molar-refractivity contribution in [3.8, 4) is 21.7 Å². The molecule has 0 atom stereocenters. The molecular formula is C28H31N3O3S2. The number of nitrogens with zero attached hydrogens (tertiary/aromatic N) is 3. The van der Waals surface area contributed by atoms with Crippen LogP contribution in [0.5, 0.6) is 0 Å². The number of thiophene rings is 1. The summed E-state index contributed by atoms with van der Waals surface area (Å²) in [5, 5.41) is 2.02. The zero-order chi connectivity index (χ0) is 25.4. The minimum atomic E-state index is -0.410. The highest BCUT2D eigenvalue weighted by molar-refractivity contribution is 7.18. The molecule has 1 fully saturated rings. The predicted molar refractivity (Wildman–Crippen MR) is 147 cm³/mol. The molecule has 6 nitrogen and oxygen atoms in total. The normalized spacial score (nSPS) is 18.0. The molecule has 0 radical (unpaired) electrons. The van der Waals surface area contributed by atoms with Gasteiger partial charge < -0.3 is 9.64 Å². The Bertz CT molecular complexity index is 1350. The number of hydrogen-bond donors (Lipinski definition) is 0. The second-order valence-electron chi connectivity index (χ2n) is 9.87. The van der Waals surface area contributed by atoms with Crippen molar-refractivity contribution in [3.63, 3.8) is 0 Å². The maximum atomic E-state index is 13.7. The van der Waals surface area contributed by atoms with Crippen LogP contribution in [0.25, 0.3) is 26.7 Å². The van der Waals surface area contributed by atoms with Gasteiger partial charge in [0.15, 0.2) is 4.96 Å². The number of methoxy groups -OCH3 is 1. The summed E-state index contributed by atoms with van der Waals surface area (Å²) < 4.78 is 7.14. The summed E-state index contributed by atoms with van der Waals surface area (Å²) in [7, 11) is 1.39. The van der Waals surface area contributed by atoms with Crippen LogP contribution >= 0.6 is 22.7 Å². The Balaban J connectivity index is 1.47. The van der Waals surface area contributed by atoms with Crippen LogP contribution in [-0.4, -0.2) is 34.4 Å². The van der Waals surface area contributed by atoms with Crippen molar-refractivity contribution in [2.75, 3.05) is 12.0 Å². The number of fused-ring (bicyclic) bond motifs is 1. The maximum absolute atomic E-state index is 13.7. The highest BCUT2D eigenvalue weighted by atomic mass is 32.1. The minimum Gasteiger partial charge on any atom is -0.465 e. The van der Waals surface area contributed by atoms with Gasteiger partial charge in [-0.25, -0.2) is 9.78 Å². The number of benzene rings is 1. The van der Waals surface area contributed by atoms with Gasteiger partial charge in [0.05, 0.1) is 18.5 Å². The van der Waals surface area contributed by atoms with Crippen molar-refractivity contribution >= 4 is 45.2 Å². The molecule has 5 rings (SSSR count). The number of thiazole rings is 1. The SMILES string of the molecule is COC(=O)c1sc(-c2ccc(-c3cn4ccsc4n3)cc2)cc1N(C(=O)[C@H]1CC[C@H](C)CC1)C(C)C. The number of anilines is 1. The van der Waals surface area contributed by atoms with Crippen LogP contribution in [0.3, 0.4) is 0 Å². The lowest BCUT2D eigenvalue weighted by molar-refractivity contribution is -0.123. The van der Waals surface area contributed by atoms with Crippen molar-refractivity contribution in [1.82, 2.24) is 9.38 Å². The Hall–Kier alpha value is -2.97. The molecule has 4 aromatic rings. The Morgan fingerprint density at radius 2 is 1.81 bits per heavy atom. The first kappa shape index (κ1) is 24.7. The molecule has 1 saturated carbocycles. The standard InChI is InChI=1S/C28H31N3O3S2/c1-17(2)31(26(32)21-7-5-18(3)6-8-21)23-15-24(36-25(23)27(33)34-4)20-11-9-19(10-12-20)22-16-30-13-14-35-28(30)29-22/h9-18,21H,5-8H2,1-4H3/t18-,21-. The average Bonchev–Trinajstić information content (AvgIpc) is 3.59.